The van der Waals surface area contributed by atoms with Gasteiger partial charge < -0.3 is 13.9 Å². The fourth-order valence-corrected chi connectivity index (χ4v) is 4.90. The predicted octanol–water partition coefficient (Wildman–Crippen LogP) is 6.37. The van der Waals surface area contributed by atoms with Crippen LogP contribution in [0.5, 0.6) is 5.75 Å². The lowest BCUT2D eigenvalue weighted by molar-refractivity contribution is 0.00825. The summed E-state index contributed by atoms with van der Waals surface area (Å²) < 4.78 is 34.1. The summed E-state index contributed by atoms with van der Waals surface area (Å²) in [4.78, 5) is 12.2. The van der Waals surface area contributed by atoms with Crippen LogP contribution in [0, 0.1) is 0 Å². The Balaban J connectivity index is 2.24. The van der Waals surface area contributed by atoms with Crippen LogP contribution in [0.25, 0.3) is 5.52 Å². The Morgan fingerprint density at radius 2 is 1.76 bits per heavy atom. The Bertz CT molecular complexity index is 990. The van der Waals surface area contributed by atoms with E-state index in [1.165, 1.54) is 7.11 Å². The molecule has 1 unspecified atom stereocenters. The highest BCUT2D eigenvalue weighted by Gasteiger charge is 2.44. The maximum Gasteiger partial charge on any atom is 0.412 e. The zero-order valence-electron chi connectivity index (χ0n) is 21.9. The second kappa shape index (κ2) is 9.25. The number of alkyl halides is 1. The lowest BCUT2D eigenvalue weighted by Gasteiger charge is -2.43. The summed E-state index contributed by atoms with van der Waals surface area (Å²) in [5.74, 6) is 0.418. The first kappa shape index (κ1) is 27.1. The fraction of sp³-hybridized carbons (Fsp3) is 0.667. The van der Waals surface area contributed by atoms with E-state index in [2.05, 4.69) is 44.3 Å². The third kappa shape index (κ3) is 6.93. The van der Waals surface area contributed by atoms with Gasteiger partial charge in [-0.3, -0.25) is 5.32 Å². The summed E-state index contributed by atoms with van der Waals surface area (Å²) in [6.07, 6.45) is -0.0627. The number of methoxy groups -OCH3 is 1. The Morgan fingerprint density at radius 1 is 1.15 bits per heavy atom. The molecule has 2 aromatic rings. The summed E-state index contributed by atoms with van der Waals surface area (Å²) in [5, 5.41) is 7.20. The van der Waals surface area contributed by atoms with Crippen molar-refractivity contribution in [3.8, 4) is 5.75 Å². The molecule has 0 saturated carbocycles. The number of nitrogens with one attached hydrogen (secondary N) is 1. The number of anilines is 1. The van der Waals surface area contributed by atoms with Gasteiger partial charge in [0.2, 0.25) is 0 Å². The number of hydrogen-bond acceptors (Lipinski definition) is 5. The Morgan fingerprint density at radius 3 is 2.27 bits per heavy atom. The van der Waals surface area contributed by atoms with Crippen molar-refractivity contribution in [2.75, 3.05) is 12.4 Å². The van der Waals surface area contributed by atoms with Crippen LogP contribution < -0.4 is 10.1 Å². The van der Waals surface area contributed by atoms with E-state index >= 15 is 4.39 Å². The van der Waals surface area contributed by atoms with Crippen LogP contribution in [0.3, 0.4) is 0 Å². The van der Waals surface area contributed by atoms with Crippen LogP contribution in [0.4, 0.5) is 14.9 Å². The van der Waals surface area contributed by atoms with Crippen molar-refractivity contribution in [1.82, 2.24) is 9.61 Å². The standard InChI is InChI=1S/C24H40FN3O4Si/c1-22(2,3)31-21(29)26-18-14-17-12-16(27-28(17)15-19(18)30-9)13-20(25)24(7,8)32-33(10,11)23(4,5)6/h12,14-15,20H,13H2,1-11H3,(H,26,29). The zero-order valence-corrected chi connectivity index (χ0v) is 22.9. The van der Waals surface area contributed by atoms with Gasteiger partial charge in [0, 0.05) is 6.42 Å². The molecule has 2 aromatic heterocycles. The Labute approximate surface area is 198 Å². The summed E-state index contributed by atoms with van der Waals surface area (Å²) in [6.45, 7) is 19.7. The first-order chi connectivity index (χ1) is 14.8. The van der Waals surface area contributed by atoms with E-state index < -0.39 is 31.8 Å². The summed E-state index contributed by atoms with van der Waals surface area (Å²) in [5.41, 5.74) is 0.169. The quantitative estimate of drug-likeness (QED) is 0.465. The fourth-order valence-electron chi connectivity index (χ4n) is 3.15. The van der Waals surface area contributed by atoms with E-state index in [-0.39, 0.29) is 11.5 Å². The molecule has 7 nitrogen and oxygen atoms in total. The number of amides is 1. The molecule has 1 atom stereocenters. The molecule has 1 N–H and O–H groups in total. The number of aromatic nitrogens is 2. The molecule has 1 amide bonds. The van der Waals surface area contributed by atoms with Gasteiger partial charge in [-0.15, -0.1) is 0 Å². The molecule has 33 heavy (non-hydrogen) atoms. The normalized spacial score (nSPS) is 14.3. The van der Waals surface area contributed by atoms with Gasteiger partial charge >= 0.3 is 6.09 Å². The van der Waals surface area contributed by atoms with Crippen molar-refractivity contribution in [2.45, 2.75) is 97.3 Å². The highest BCUT2D eigenvalue weighted by molar-refractivity contribution is 6.74. The molecular weight excluding hydrogens is 441 g/mol. The number of nitrogens with zero attached hydrogens (tertiary/aromatic N) is 2. The van der Waals surface area contributed by atoms with E-state index in [4.69, 9.17) is 13.9 Å². The molecule has 0 fully saturated rings. The first-order valence-electron chi connectivity index (χ1n) is 11.3. The van der Waals surface area contributed by atoms with Crippen molar-refractivity contribution >= 4 is 25.6 Å². The van der Waals surface area contributed by atoms with Gasteiger partial charge in [0.15, 0.2) is 14.1 Å². The van der Waals surface area contributed by atoms with Crippen molar-refractivity contribution in [3.63, 3.8) is 0 Å². The summed E-state index contributed by atoms with van der Waals surface area (Å²) in [7, 11) is -0.635. The van der Waals surface area contributed by atoms with Crippen LogP contribution >= 0.6 is 0 Å². The Hall–Kier alpha value is -2.13. The molecule has 2 heterocycles. The maximum atomic E-state index is 15.4. The molecule has 0 aliphatic carbocycles. The van der Waals surface area contributed by atoms with E-state index in [9.17, 15) is 4.79 Å². The molecule has 186 valence electrons. The molecule has 0 spiro atoms. The SMILES string of the molecule is COc1cn2nc(CC(F)C(C)(C)O[Si](C)(C)C(C)(C)C)cc2cc1NC(=O)OC(C)(C)C. The Kier molecular flexibility index (Phi) is 7.60. The van der Waals surface area contributed by atoms with Gasteiger partial charge in [0.05, 0.1) is 35.8 Å². The highest BCUT2D eigenvalue weighted by Crippen LogP contribution is 2.40. The third-order valence-electron chi connectivity index (χ3n) is 5.94. The van der Waals surface area contributed by atoms with Gasteiger partial charge in [-0.2, -0.15) is 5.10 Å². The summed E-state index contributed by atoms with van der Waals surface area (Å²) in [6, 6.07) is 3.53. The molecule has 0 radical (unpaired) electrons. The van der Waals surface area contributed by atoms with Crippen LogP contribution in [0.1, 0.15) is 61.1 Å². The second-order valence-electron chi connectivity index (χ2n) is 11.5. The number of hydrogen-bond donors (Lipinski definition) is 1. The number of carbonyl (C=O) groups is 1. The molecule has 9 heteroatoms. The van der Waals surface area contributed by atoms with Crippen LogP contribution in [0.2, 0.25) is 18.1 Å². The predicted molar refractivity (Wildman–Crippen MR) is 133 cm³/mol. The summed E-state index contributed by atoms with van der Waals surface area (Å²) >= 11 is 0. The first-order valence-corrected chi connectivity index (χ1v) is 14.2. The zero-order chi connectivity index (χ0) is 25.4. The number of halogens is 1. The number of pyridine rings is 1. The lowest BCUT2D eigenvalue weighted by Crippen LogP contribution is -2.51. The molecule has 0 saturated heterocycles. The molecule has 0 aromatic carbocycles. The van der Waals surface area contributed by atoms with Gasteiger partial charge in [-0.05, 0) is 64.9 Å². The lowest BCUT2D eigenvalue weighted by atomic mass is 9.99. The molecular formula is C24H40FN3O4Si. The van der Waals surface area contributed by atoms with Crippen molar-refractivity contribution in [3.05, 3.63) is 24.0 Å². The van der Waals surface area contributed by atoms with Gasteiger partial charge in [-0.1, -0.05) is 20.8 Å². The van der Waals surface area contributed by atoms with Gasteiger partial charge in [-0.25, -0.2) is 13.7 Å². The van der Waals surface area contributed by atoms with Gasteiger partial charge in [0.1, 0.15) is 11.8 Å². The minimum absolute atomic E-state index is 0.0127. The van der Waals surface area contributed by atoms with Crippen LogP contribution in [-0.4, -0.2) is 48.5 Å². The van der Waals surface area contributed by atoms with E-state index in [1.807, 2.05) is 0 Å². The van der Waals surface area contributed by atoms with Gasteiger partial charge in [0.25, 0.3) is 0 Å². The molecule has 0 aliphatic rings. The minimum Gasteiger partial charge on any atom is -0.493 e. The smallest absolute Gasteiger partial charge is 0.412 e. The van der Waals surface area contributed by atoms with E-state index in [0.29, 0.717) is 22.6 Å². The number of carbonyl (C=O) groups excluding carboxylic acids is 1. The number of fused-ring (bicyclic) bond motifs is 1. The van der Waals surface area contributed by atoms with E-state index in [0.717, 1.165) is 0 Å². The molecule has 0 bridgehead atoms. The average Bonchev–Trinajstić information content (AvgIpc) is 2.98. The number of rotatable bonds is 7. The van der Waals surface area contributed by atoms with Crippen molar-refractivity contribution in [1.29, 1.82) is 0 Å². The second-order valence-corrected chi connectivity index (χ2v) is 16.2. The highest BCUT2D eigenvalue weighted by atomic mass is 28.4. The monoisotopic (exact) mass is 481 g/mol. The van der Waals surface area contributed by atoms with E-state index in [1.54, 1.807) is 57.5 Å². The molecule has 0 aliphatic heterocycles. The number of ether oxygens (including phenoxy) is 2. The molecule has 2 rings (SSSR count). The average molecular weight is 482 g/mol. The van der Waals surface area contributed by atoms with Crippen LogP contribution in [0.15, 0.2) is 18.3 Å². The largest absolute Gasteiger partial charge is 0.493 e. The third-order valence-corrected chi connectivity index (χ3v) is 10.6. The van der Waals surface area contributed by atoms with Crippen molar-refractivity contribution in [2.24, 2.45) is 0 Å². The topological polar surface area (TPSA) is 74.1 Å². The van der Waals surface area contributed by atoms with Crippen LogP contribution in [-0.2, 0) is 15.6 Å². The minimum atomic E-state index is -2.14. The maximum absolute atomic E-state index is 15.4. The van der Waals surface area contributed by atoms with Crippen molar-refractivity contribution < 1.29 is 23.1 Å².